The Hall–Kier alpha value is -0.790. The minimum Gasteiger partial charge on any atom is -0.332 e. The van der Waals surface area contributed by atoms with Gasteiger partial charge in [0.15, 0.2) is 0 Å². The van der Waals surface area contributed by atoms with Gasteiger partial charge in [-0.25, -0.2) is 4.98 Å². The van der Waals surface area contributed by atoms with Gasteiger partial charge in [-0.1, -0.05) is 207 Å². The highest BCUT2D eigenvalue weighted by Crippen LogP contribution is 2.31. The first-order valence-electron chi connectivity index (χ1n) is 20.3. The molecular weight excluding hydrogens is 520 g/mol. The summed E-state index contributed by atoms with van der Waals surface area (Å²) in [4.78, 5) is 5.00. The van der Waals surface area contributed by atoms with E-state index in [2.05, 4.69) is 44.7 Å². The SMILES string of the molecule is CCCCCCCCCCCCCCCCC(C)n1ccnc1C(CCCCCCC)CCCCCCCCCCCC. The van der Waals surface area contributed by atoms with Crippen LogP contribution in [-0.2, 0) is 0 Å². The molecule has 0 saturated heterocycles. The highest BCUT2D eigenvalue weighted by molar-refractivity contribution is 5.02. The molecule has 0 bridgehead atoms. The normalized spacial score (nSPS) is 13.1. The zero-order chi connectivity index (χ0) is 31.1. The molecule has 0 N–H and O–H groups in total. The lowest BCUT2D eigenvalue weighted by atomic mass is 9.93. The van der Waals surface area contributed by atoms with E-state index in [4.69, 9.17) is 4.98 Å². The number of aromatic nitrogens is 2. The van der Waals surface area contributed by atoms with Crippen molar-refractivity contribution in [1.82, 2.24) is 9.55 Å². The number of imidazole rings is 1. The maximum Gasteiger partial charge on any atom is 0.111 e. The molecule has 0 aliphatic rings. The second kappa shape index (κ2) is 31.2. The van der Waals surface area contributed by atoms with Gasteiger partial charge in [-0.3, -0.25) is 0 Å². The second-order valence-corrected chi connectivity index (χ2v) is 14.3. The number of unbranched alkanes of at least 4 members (excludes halogenated alkanes) is 26. The molecule has 0 spiro atoms. The van der Waals surface area contributed by atoms with Crippen LogP contribution >= 0.6 is 0 Å². The van der Waals surface area contributed by atoms with Crippen molar-refractivity contribution < 1.29 is 0 Å². The topological polar surface area (TPSA) is 17.8 Å². The van der Waals surface area contributed by atoms with Gasteiger partial charge < -0.3 is 4.57 Å². The Kier molecular flexibility index (Phi) is 29.2. The van der Waals surface area contributed by atoms with E-state index in [9.17, 15) is 0 Å². The molecule has 1 heterocycles. The van der Waals surface area contributed by atoms with E-state index in [1.807, 2.05) is 0 Å². The lowest BCUT2D eigenvalue weighted by Gasteiger charge is -2.22. The van der Waals surface area contributed by atoms with Crippen molar-refractivity contribution in [1.29, 1.82) is 0 Å². The molecule has 254 valence electrons. The van der Waals surface area contributed by atoms with Crippen LogP contribution < -0.4 is 0 Å². The molecule has 43 heavy (non-hydrogen) atoms. The summed E-state index contributed by atoms with van der Waals surface area (Å²) in [5.41, 5.74) is 0. The molecule has 0 aromatic carbocycles. The molecule has 2 nitrogen and oxygen atoms in total. The first-order valence-corrected chi connectivity index (χ1v) is 20.3. The van der Waals surface area contributed by atoms with Crippen LogP contribution in [0.25, 0.3) is 0 Å². The molecule has 0 aliphatic carbocycles. The Bertz CT molecular complexity index is 664. The fourth-order valence-corrected chi connectivity index (χ4v) is 7.06. The minimum absolute atomic E-state index is 0.588. The van der Waals surface area contributed by atoms with Crippen molar-refractivity contribution in [2.45, 2.75) is 245 Å². The van der Waals surface area contributed by atoms with Gasteiger partial charge in [0.05, 0.1) is 0 Å². The maximum atomic E-state index is 5.00. The Balaban J connectivity index is 2.30. The summed E-state index contributed by atoms with van der Waals surface area (Å²) in [5, 5.41) is 0. The molecule has 0 amide bonds. The second-order valence-electron chi connectivity index (χ2n) is 14.3. The van der Waals surface area contributed by atoms with Gasteiger partial charge in [0.25, 0.3) is 0 Å². The van der Waals surface area contributed by atoms with E-state index in [0.717, 1.165) is 0 Å². The molecule has 1 rings (SSSR count). The van der Waals surface area contributed by atoms with Crippen molar-refractivity contribution in [2.75, 3.05) is 0 Å². The number of hydrogen-bond donors (Lipinski definition) is 0. The lowest BCUT2D eigenvalue weighted by Crippen LogP contribution is -2.13. The highest BCUT2D eigenvalue weighted by Gasteiger charge is 2.19. The summed E-state index contributed by atoms with van der Waals surface area (Å²) < 4.78 is 2.58. The molecule has 2 heteroatoms. The van der Waals surface area contributed by atoms with Crippen LogP contribution in [-0.4, -0.2) is 9.55 Å². The molecule has 0 saturated carbocycles. The molecule has 0 fully saturated rings. The average molecular weight is 601 g/mol. The monoisotopic (exact) mass is 601 g/mol. The zero-order valence-electron chi connectivity index (χ0n) is 30.3. The van der Waals surface area contributed by atoms with E-state index in [-0.39, 0.29) is 0 Å². The average Bonchev–Trinajstić information content (AvgIpc) is 3.51. The summed E-state index contributed by atoms with van der Waals surface area (Å²) in [7, 11) is 0. The van der Waals surface area contributed by atoms with E-state index >= 15 is 0 Å². The van der Waals surface area contributed by atoms with Crippen molar-refractivity contribution in [2.24, 2.45) is 0 Å². The van der Waals surface area contributed by atoms with Crippen molar-refractivity contribution in [3.63, 3.8) is 0 Å². The Labute approximate surface area is 272 Å². The lowest BCUT2D eigenvalue weighted by molar-refractivity contribution is 0.412. The third-order valence-electron chi connectivity index (χ3n) is 10.1. The number of nitrogens with zero attached hydrogens (tertiary/aromatic N) is 2. The highest BCUT2D eigenvalue weighted by atomic mass is 15.1. The van der Waals surface area contributed by atoms with Crippen LogP contribution in [0, 0.1) is 0 Å². The van der Waals surface area contributed by atoms with Gasteiger partial charge >= 0.3 is 0 Å². The predicted octanol–water partition coefficient (Wildman–Crippen LogP) is 15.1. The van der Waals surface area contributed by atoms with Gasteiger partial charge in [-0.05, 0) is 26.2 Å². The Morgan fingerprint density at radius 1 is 0.442 bits per heavy atom. The van der Waals surface area contributed by atoms with Crippen LogP contribution in [0.15, 0.2) is 12.4 Å². The third kappa shape index (κ3) is 23.2. The number of hydrogen-bond acceptors (Lipinski definition) is 1. The molecule has 0 aliphatic heterocycles. The summed E-state index contributed by atoms with van der Waals surface area (Å²) in [6.07, 6.45) is 49.7. The Morgan fingerprint density at radius 3 is 1.09 bits per heavy atom. The standard InChI is InChI=1S/C41H80N2/c1-5-8-11-14-16-18-20-21-22-23-24-26-29-31-34-39(4)43-38-37-42-41(43)40(35-32-28-13-10-7-3)36-33-30-27-25-19-17-15-12-9-6-2/h37-40H,5-36H2,1-4H3. The van der Waals surface area contributed by atoms with Gasteiger partial charge in [-0.2, -0.15) is 0 Å². The third-order valence-corrected chi connectivity index (χ3v) is 10.1. The van der Waals surface area contributed by atoms with E-state index in [0.29, 0.717) is 12.0 Å². The first kappa shape index (κ1) is 40.2. The minimum atomic E-state index is 0.588. The van der Waals surface area contributed by atoms with E-state index in [1.165, 1.54) is 211 Å². The van der Waals surface area contributed by atoms with Crippen molar-refractivity contribution in [3.05, 3.63) is 18.2 Å². The van der Waals surface area contributed by atoms with Gasteiger partial charge in [0.2, 0.25) is 0 Å². The van der Waals surface area contributed by atoms with Gasteiger partial charge in [0.1, 0.15) is 5.82 Å². The molecule has 1 aromatic rings. The van der Waals surface area contributed by atoms with E-state index in [1.54, 1.807) is 0 Å². The summed E-state index contributed by atoms with van der Waals surface area (Å²) >= 11 is 0. The summed E-state index contributed by atoms with van der Waals surface area (Å²) in [6, 6.07) is 0.588. The van der Waals surface area contributed by atoms with Crippen LogP contribution in [0.4, 0.5) is 0 Å². The number of rotatable bonds is 34. The fourth-order valence-electron chi connectivity index (χ4n) is 7.06. The maximum absolute atomic E-state index is 5.00. The van der Waals surface area contributed by atoms with Crippen LogP contribution in [0.5, 0.6) is 0 Å². The molecular formula is C41H80N2. The summed E-state index contributed by atoms with van der Waals surface area (Å²) in [6.45, 7) is 9.39. The van der Waals surface area contributed by atoms with Gasteiger partial charge in [-0.15, -0.1) is 0 Å². The van der Waals surface area contributed by atoms with Crippen molar-refractivity contribution >= 4 is 0 Å². The molecule has 2 atom stereocenters. The van der Waals surface area contributed by atoms with E-state index < -0.39 is 0 Å². The fraction of sp³-hybridized carbons (Fsp3) is 0.927. The zero-order valence-corrected chi connectivity index (χ0v) is 30.3. The van der Waals surface area contributed by atoms with Crippen LogP contribution in [0.1, 0.15) is 251 Å². The quantitative estimate of drug-likeness (QED) is 0.0719. The predicted molar refractivity (Wildman–Crippen MR) is 194 cm³/mol. The Morgan fingerprint density at radius 2 is 0.744 bits per heavy atom. The molecule has 2 unspecified atom stereocenters. The van der Waals surface area contributed by atoms with Gasteiger partial charge in [0, 0.05) is 24.4 Å². The van der Waals surface area contributed by atoms with Crippen LogP contribution in [0.2, 0.25) is 0 Å². The smallest absolute Gasteiger partial charge is 0.111 e. The molecule has 1 aromatic heterocycles. The first-order chi connectivity index (χ1) is 21.2. The largest absolute Gasteiger partial charge is 0.332 e. The molecule has 0 radical (unpaired) electrons. The van der Waals surface area contributed by atoms with Crippen LogP contribution in [0.3, 0.4) is 0 Å². The van der Waals surface area contributed by atoms with Crippen molar-refractivity contribution in [3.8, 4) is 0 Å². The summed E-state index contributed by atoms with van der Waals surface area (Å²) in [5.74, 6) is 2.06.